The number of fused-ring (bicyclic) bond motifs is 2. The molecule has 1 saturated carbocycles. The molecule has 1 saturated heterocycles. The van der Waals surface area contributed by atoms with Gasteiger partial charge in [0.25, 0.3) is 5.91 Å². The van der Waals surface area contributed by atoms with Gasteiger partial charge < -0.3 is 25.0 Å². The van der Waals surface area contributed by atoms with Crippen molar-refractivity contribution >= 4 is 23.4 Å². The van der Waals surface area contributed by atoms with Crippen LogP contribution in [0, 0.1) is 26.6 Å². The number of hydrogen-bond acceptors (Lipinski definition) is 5. The summed E-state index contributed by atoms with van der Waals surface area (Å²) in [6, 6.07) is 18.8. The summed E-state index contributed by atoms with van der Waals surface area (Å²) in [6.45, 7) is 7.78. The van der Waals surface area contributed by atoms with Gasteiger partial charge in [-0.05, 0) is 92.0 Å². The monoisotopic (exact) mass is 667 g/mol. The average Bonchev–Trinajstić information content (AvgIpc) is 3.91. The molecule has 2 heterocycles. The number of rotatable bonds is 13. The highest BCUT2D eigenvalue weighted by Gasteiger charge is 2.43. The van der Waals surface area contributed by atoms with Crippen LogP contribution in [0.1, 0.15) is 71.9 Å². The zero-order chi connectivity index (χ0) is 34.7. The third kappa shape index (κ3) is 8.21. The molecule has 3 aliphatic rings. The Kier molecular flexibility index (Phi) is 10.5. The topological polar surface area (TPSA) is 99.2 Å². The number of benzene rings is 3. The lowest BCUT2D eigenvalue weighted by molar-refractivity contribution is -0.138. The van der Waals surface area contributed by atoms with Crippen molar-refractivity contribution in [2.75, 3.05) is 19.7 Å². The first-order valence-electron chi connectivity index (χ1n) is 17.4. The highest BCUT2D eigenvalue weighted by molar-refractivity contribution is 6.03. The van der Waals surface area contributed by atoms with Crippen molar-refractivity contribution in [3.05, 3.63) is 105 Å². The lowest BCUT2D eigenvalue weighted by Crippen LogP contribution is -2.62. The molecule has 49 heavy (non-hydrogen) atoms. The molecule has 8 nitrogen and oxygen atoms in total. The van der Waals surface area contributed by atoms with E-state index >= 15 is 0 Å². The number of carbonyl (C=O) groups is 3. The van der Waals surface area contributed by atoms with E-state index in [4.69, 9.17) is 9.84 Å². The van der Waals surface area contributed by atoms with Crippen LogP contribution in [0.2, 0.25) is 0 Å². The zero-order valence-electron chi connectivity index (χ0n) is 28.6. The van der Waals surface area contributed by atoms with E-state index in [0.29, 0.717) is 37.3 Å². The van der Waals surface area contributed by atoms with Crippen molar-refractivity contribution in [2.24, 2.45) is 0 Å². The Bertz CT molecular complexity index is 1750. The van der Waals surface area contributed by atoms with Crippen LogP contribution in [0.15, 0.2) is 66.2 Å². The third-order valence-corrected chi connectivity index (χ3v) is 10.0. The maximum Gasteiger partial charge on any atom is 0.303 e. The van der Waals surface area contributed by atoms with Gasteiger partial charge in [0.1, 0.15) is 11.6 Å². The summed E-state index contributed by atoms with van der Waals surface area (Å²) in [5.41, 5.74) is 7.71. The summed E-state index contributed by atoms with van der Waals surface area (Å²) in [5.74, 6) is -0.566. The molecule has 0 radical (unpaired) electrons. The Labute approximate surface area is 287 Å². The maximum absolute atomic E-state index is 14.8. The van der Waals surface area contributed by atoms with E-state index < -0.39 is 12.0 Å². The van der Waals surface area contributed by atoms with E-state index in [0.717, 1.165) is 47.3 Å². The normalized spacial score (nSPS) is 18.7. The van der Waals surface area contributed by atoms with Gasteiger partial charge in [-0.3, -0.25) is 14.4 Å². The second-order valence-electron chi connectivity index (χ2n) is 13.8. The van der Waals surface area contributed by atoms with Crippen LogP contribution in [-0.2, 0) is 27.3 Å². The van der Waals surface area contributed by atoms with E-state index in [-0.39, 0.29) is 55.5 Å². The maximum atomic E-state index is 14.8. The van der Waals surface area contributed by atoms with Crippen LogP contribution in [0.4, 0.5) is 4.39 Å². The predicted octanol–water partition coefficient (Wildman–Crippen LogP) is 6.14. The summed E-state index contributed by atoms with van der Waals surface area (Å²) in [7, 11) is 0. The van der Waals surface area contributed by atoms with Gasteiger partial charge in [0, 0.05) is 62.1 Å². The zero-order valence-corrected chi connectivity index (χ0v) is 28.6. The number of hydrogen-bond donors (Lipinski definition) is 2. The fraction of sp³-hybridized carbons (Fsp3) is 0.425. The number of aliphatic carboxylic acids is 1. The standard InChI is InChI=1S/C40H46FN3O5/c1-25-19-26(2)27(3)36(20-25)49-18-17-28-11-13-29(14-12-28)33-21-31-23-43(37(45)9-6-10-38(46)47)24-35(42-31)39(33)40(48)44(32-15-16-32)22-30-7-4-5-8-34(30)41/h4-5,7-8,11-14,19-20,31-32,35,42H,6,9-10,15-18,21-24H2,1-3H3,(H,46,47)/t31-,35-/m1/s1. The molecule has 0 aromatic heterocycles. The van der Waals surface area contributed by atoms with Crippen LogP contribution < -0.4 is 10.1 Å². The first-order chi connectivity index (χ1) is 23.6. The Balaban J connectivity index is 1.25. The minimum absolute atomic E-state index is 0.0409. The fourth-order valence-electron chi connectivity index (χ4n) is 7.14. The van der Waals surface area contributed by atoms with E-state index in [1.165, 1.54) is 17.2 Å². The molecule has 0 unspecified atom stereocenters. The molecule has 0 spiro atoms. The second kappa shape index (κ2) is 14.9. The molecule has 6 rings (SSSR count). The molecule has 2 atom stereocenters. The van der Waals surface area contributed by atoms with Gasteiger partial charge in [-0.25, -0.2) is 4.39 Å². The lowest BCUT2D eigenvalue weighted by Gasteiger charge is -2.45. The van der Waals surface area contributed by atoms with Crippen LogP contribution in [0.3, 0.4) is 0 Å². The molecule has 3 aromatic carbocycles. The highest BCUT2D eigenvalue weighted by Crippen LogP contribution is 2.38. The second-order valence-corrected chi connectivity index (χ2v) is 13.8. The number of nitrogens with zero attached hydrogens (tertiary/aromatic N) is 2. The summed E-state index contributed by atoms with van der Waals surface area (Å²) >= 11 is 0. The molecule has 9 heteroatoms. The number of piperazine rings is 1. The average molecular weight is 668 g/mol. The molecular formula is C40H46FN3O5. The van der Waals surface area contributed by atoms with Crippen molar-refractivity contribution in [3.63, 3.8) is 0 Å². The van der Waals surface area contributed by atoms with Crippen LogP contribution >= 0.6 is 0 Å². The van der Waals surface area contributed by atoms with E-state index in [1.807, 2.05) is 4.90 Å². The molecule has 258 valence electrons. The number of amides is 2. The molecule has 2 aliphatic heterocycles. The molecule has 2 fully saturated rings. The van der Waals surface area contributed by atoms with Gasteiger partial charge in [0.05, 0.1) is 12.6 Å². The van der Waals surface area contributed by atoms with E-state index in [1.54, 1.807) is 23.1 Å². The molecule has 3 aromatic rings. The van der Waals surface area contributed by atoms with Gasteiger partial charge in [0.15, 0.2) is 0 Å². The Morgan fingerprint density at radius 2 is 1.76 bits per heavy atom. The SMILES string of the molecule is Cc1cc(C)c(C)c(OCCc2ccc(C3=C(C(=O)N(Cc4ccccc4F)C4CC4)[C@H]4CN(C(=O)CCCC(=O)O)C[C@@H](C3)N4)cc2)c1. The third-order valence-electron chi connectivity index (χ3n) is 10.0. The number of carbonyl (C=O) groups excluding carboxylic acids is 2. The molecule has 2 amide bonds. The number of carboxylic acid groups (broad SMARTS) is 1. The Morgan fingerprint density at radius 1 is 1.00 bits per heavy atom. The minimum atomic E-state index is -0.921. The quantitative estimate of drug-likeness (QED) is 0.227. The smallest absolute Gasteiger partial charge is 0.303 e. The van der Waals surface area contributed by atoms with Crippen molar-refractivity contribution in [3.8, 4) is 5.75 Å². The van der Waals surface area contributed by atoms with Crippen molar-refractivity contribution in [1.82, 2.24) is 15.1 Å². The number of carboxylic acids is 1. The fourth-order valence-corrected chi connectivity index (χ4v) is 7.14. The number of nitrogens with one attached hydrogen (secondary N) is 1. The summed E-state index contributed by atoms with van der Waals surface area (Å²) in [4.78, 5) is 42.4. The summed E-state index contributed by atoms with van der Waals surface area (Å²) in [6.07, 6.45) is 3.41. The largest absolute Gasteiger partial charge is 0.493 e. The first-order valence-corrected chi connectivity index (χ1v) is 17.4. The van der Waals surface area contributed by atoms with E-state index in [2.05, 4.69) is 62.5 Å². The van der Waals surface area contributed by atoms with Crippen molar-refractivity contribution < 1.29 is 28.6 Å². The number of ether oxygens (including phenoxy) is 1. The Hall–Kier alpha value is -4.50. The first kappa shape index (κ1) is 34.4. The van der Waals surface area contributed by atoms with Gasteiger partial charge in [-0.1, -0.05) is 48.5 Å². The molecule has 2 N–H and O–H groups in total. The molecule has 1 aliphatic carbocycles. The van der Waals surface area contributed by atoms with Gasteiger partial charge >= 0.3 is 5.97 Å². The van der Waals surface area contributed by atoms with Gasteiger partial charge in [-0.15, -0.1) is 0 Å². The van der Waals surface area contributed by atoms with Gasteiger partial charge in [0.2, 0.25) is 5.91 Å². The van der Waals surface area contributed by atoms with Crippen LogP contribution in [0.5, 0.6) is 5.75 Å². The molecular weight excluding hydrogens is 621 g/mol. The summed E-state index contributed by atoms with van der Waals surface area (Å²) in [5, 5.41) is 12.7. The number of halogens is 1. The summed E-state index contributed by atoms with van der Waals surface area (Å²) < 4.78 is 21.0. The van der Waals surface area contributed by atoms with Gasteiger partial charge in [-0.2, -0.15) is 0 Å². The van der Waals surface area contributed by atoms with Crippen molar-refractivity contribution in [1.29, 1.82) is 0 Å². The predicted molar refractivity (Wildman–Crippen MR) is 187 cm³/mol. The number of aryl methyl sites for hydroxylation is 2. The van der Waals surface area contributed by atoms with E-state index in [9.17, 15) is 18.8 Å². The highest BCUT2D eigenvalue weighted by atomic mass is 19.1. The lowest BCUT2D eigenvalue weighted by atomic mass is 9.82. The molecule has 2 bridgehead atoms. The van der Waals surface area contributed by atoms with Crippen LogP contribution in [0.25, 0.3) is 5.57 Å². The van der Waals surface area contributed by atoms with Crippen molar-refractivity contribution in [2.45, 2.75) is 90.4 Å². The Morgan fingerprint density at radius 3 is 2.47 bits per heavy atom. The minimum Gasteiger partial charge on any atom is -0.493 e. The van der Waals surface area contributed by atoms with Crippen LogP contribution in [-0.4, -0.2) is 70.5 Å².